The monoisotopic (exact) mass is 700 g/mol. The Balaban J connectivity index is 1.50. The van der Waals surface area contributed by atoms with Crippen LogP contribution in [0.25, 0.3) is 0 Å². The predicted molar refractivity (Wildman–Crippen MR) is 188 cm³/mol. The van der Waals surface area contributed by atoms with Crippen LogP contribution in [0.15, 0.2) is 60.7 Å². The molecule has 4 rings (SSSR count). The van der Waals surface area contributed by atoms with Gasteiger partial charge in [0.25, 0.3) is 11.8 Å². The van der Waals surface area contributed by atoms with Gasteiger partial charge in [0.2, 0.25) is 0 Å². The smallest absolute Gasteiger partial charge is 0.331 e. The first-order chi connectivity index (χ1) is 23.0. The first-order valence-electron chi connectivity index (χ1n) is 16.6. The van der Waals surface area contributed by atoms with Gasteiger partial charge < -0.3 is 29.1 Å². The summed E-state index contributed by atoms with van der Waals surface area (Å²) in [6, 6.07) is 13.8. The van der Waals surface area contributed by atoms with Crippen molar-refractivity contribution in [3.8, 4) is 0 Å². The van der Waals surface area contributed by atoms with Gasteiger partial charge in [0, 0.05) is 58.5 Å². The third kappa shape index (κ3) is 10.0. The molecule has 2 aliphatic rings. The summed E-state index contributed by atoms with van der Waals surface area (Å²) in [5.41, 5.74) is 1.29. The summed E-state index contributed by atoms with van der Waals surface area (Å²) >= 11 is 12.1. The first kappa shape index (κ1) is 37.4. The average Bonchev–Trinajstić information content (AvgIpc) is 3.08. The fourth-order valence-electron chi connectivity index (χ4n) is 6.30. The maximum atomic E-state index is 13.9. The molecule has 2 aromatic carbocycles. The Morgan fingerprint density at radius 3 is 1.27 bits per heavy atom. The molecule has 0 bridgehead atoms. The third-order valence-corrected chi connectivity index (χ3v) is 9.66. The van der Waals surface area contributed by atoms with E-state index in [4.69, 9.17) is 32.7 Å². The lowest BCUT2D eigenvalue weighted by Gasteiger charge is -2.35. The van der Waals surface area contributed by atoms with Crippen molar-refractivity contribution in [1.82, 2.24) is 9.80 Å². The maximum Gasteiger partial charge on any atom is 0.331 e. The highest BCUT2D eigenvalue weighted by Crippen LogP contribution is 2.28. The van der Waals surface area contributed by atoms with Crippen molar-refractivity contribution in [2.45, 2.75) is 51.7 Å². The van der Waals surface area contributed by atoms with Crippen molar-refractivity contribution in [2.24, 2.45) is 11.8 Å². The minimum absolute atomic E-state index is 0.196. The number of hydrogen-bond acceptors (Lipinski definition) is 8. The van der Waals surface area contributed by atoms with Crippen molar-refractivity contribution in [2.75, 3.05) is 63.2 Å². The number of nitrogens with zero attached hydrogens (tertiary/aromatic N) is 4. The van der Waals surface area contributed by atoms with Gasteiger partial charge in [-0.15, -0.1) is 0 Å². The van der Waals surface area contributed by atoms with Crippen molar-refractivity contribution < 1.29 is 28.7 Å². The summed E-state index contributed by atoms with van der Waals surface area (Å²) in [4.78, 5) is 61.6. The molecule has 48 heavy (non-hydrogen) atoms. The van der Waals surface area contributed by atoms with Crippen LogP contribution >= 0.6 is 23.2 Å². The highest BCUT2D eigenvalue weighted by molar-refractivity contribution is 6.31. The highest BCUT2D eigenvalue weighted by atomic mass is 35.5. The van der Waals surface area contributed by atoms with E-state index in [9.17, 15) is 19.2 Å². The van der Waals surface area contributed by atoms with Crippen LogP contribution in [0.4, 0.5) is 11.4 Å². The fraction of sp³-hybridized carbons (Fsp3) is 0.500. The Kier molecular flexibility index (Phi) is 13.9. The number of piperidine rings is 2. The first-order valence-corrected chi connectivity index (χ1v) is 17.4. The summed E-state index contributed by atoms with van der Waals surface area (Å²) in [7, 11) is 4.02. The second-order valence-corrected chi connectivity index (χ2v) is 13.3. The molecule has 0 N–H and O–H groups in total. The van der Waals surface area contributed by atoms with E-state index in [2.05, 4.69) is 9.80 Å². The summed E-state index contributed by atoms with van der Waals surface area (Å²) in [5.74, 6) is -2.75. The molecule has 2 atom stereocenters. The van der Waals surface area contributed by atoms with Gasteiger partial charge in [0.15, 0.2) is 12.2 Å². The quantitative estimate of drug-likeness (QED) is 0.213. The van der Waals surface area contributed by atoms with Gasteiger partial charge in [0.1, 0.15) is 0 Å². The van der Waals surface area contributed by atoms with Gasteiger partial charge in [-0.2, -0.15) is 0 Å². The molecular formula is C36H46Cl2N4O6. The number of amides is 2. The van der Waals surface area contributed by atoms with E-state index in [1.807, 2.05) is 27.9 Å². The van der Waals surface area contributed by atoms with Crippen LogP contribution in [0.2, 0.25) is 10.0 Å². The van der Waals surface area contributed by atoms with Gasteiger partial charge >= 0.3 is 11.9 Å². The minimum atomic E-state index is -1.05. The second-order valence-electron chi connectivity index (χ2n) is 12.4. The van der Waals surface area contributed by atoms with Gasteiger partial charge in [-0.3, -0.25) is 9.59 Å². The molecule has 12 heteroatoms. The minimum Gasteiger partial charge on any atom is -0.449 e. The van der Waals surface area contributed by atoms with Crippen LogP contribution in [0.1, 0.15) is 39.5 Å². The second kappa shape index (κ2) is 17.8. The van der Waals surface area contributed by atoms with Gasteiger partial charge in [-0.25, -0.2) is 9.59 Å². The number of halogens is 2. The number of benzene rings is 2. The fourth-order valence-corrected chi connectivity index (χ4v) is 6.56. The number of rotatable bonds is 12. The zero-order valence-electron chi connectivity index (χ0n) is 28.1. The van der Waals surface area contributed by atoms with E-state index in [1.165, 1.54) is 0 Å². The lowest BCUT2D eigenvalue weighted by atomic mass is 9.90. The van der Waals surface area contributed by atoms with Crippen LogP contribution in [0.5, 0.6) is 0 Å². The predicted octanol–water partition coefficient (Wildman–Crippen LogP) is 5.46. The Bertz CT molecular complexity index is 1310. The Labute approximate surface area is 293 Å². The molecule has 2 saturated heterocycles. The SMILES string of the molecule is CCN(C(=O)C(OC(=O)/C=C/C(=O)OC(C(=O)N(CC)c1ccc(Cl)cc1)C1CCN(C)CC1)C1CCN(C)CC1)c1ccc(Cl)cc1. The zero-order chi connectivity index (χ0) is 34.8. The molecule has 2 aliphatic heterocycles. The van der Waals surface area contributed by atoms with E-state index in [0.29, 0.717) is 60.2 Å². The summed E-state index contributed by atoms with van der Waals surface area (Å²) in [5, 5.41) is 1.09. The van der Waals surface area contributed by atoms with E-state index in [1.54, 1.807) is 58.3 Å². The van der Waals surface area contributed by atoms with E-state index in [-0.39, 0.29) is 23.7 Å². The number of likely N-dealkylation sites (tertiary alicyclic amines) is 2. The molecule has 2 heterocycles. The molecular weight excluding hydrogens is 655 g/mol. The molecule has 0 aliphatic carbocycles. The molecule has 260 valence electrons. The molecule has 0 spiro atoms. The molecule has 0 radical (unpaired) electrons. The number of carbonyl (C=O) groups excluding carboxylic acids is 4. The average molecular weight is 702 g/mol. The highest BCUT2D eigenvalue weighted by Gasteiger charge is 2.38. The number of ether oxygens (including phenoxy) is 2. The molecule has 10 nitrogen and oxygen atoms in total. The van der Waals surface area contributed by atoms with E-state index < -0.39 is 24.1 Å². The van der Waals surface area contributed by atoms with Gasteiger partial charge in [-0.1, -0.05) is 23.2 Å². The normalized spacial score (nSPS) is 17.9. The van der Waals surface area contributed by atoms with Crippen LogP contribution in [-0.2, 0) is 28.7 Å². The lowest BCUT2D eigenvalue weighted by Crippen LogP contribution is -2.48. The Morgan fingerprint density at radius 1 is 0.667 bits per heavy atom. The van der Waals surface area contributed by atoms with Crippen molar-refractivity contribution in [3.05, 3.63) is 70.7 Å². The largest absolute Gasteiger partial charge is 0.449 e. The van der Waals surface area contributed by atoms with Crippen LogP contribution in [0.3, 0.4) is 0 Å². The zero-order valence-corrected chi connectivity index (χ0v) is 29.7. The number of hydrogen-bond donors (Lipinski definition) is 0. The van der Waals surface area contributed by atoms with Crippen LogP contribution in [-0.4, -0.2) is 99.1 Å². The molecule has 2 fully saturated rings. The maximum absolute atomic E-state index is 13.9. The third-order valence-electron chi connectivity index (χ3n) is 9.15. The summed E-state index contributed by atoms with van der Waals surface area (Å²) in [6.45, 7) is 7.48. The molecule has 0 saturated carbocycles. The molecule has 2 amide bonds. The van der Waals surface area contributed by atoms with Crippen molar-refractivity contribution in [3.63, 3.8) is 0 Å². The molecule has 2 aromatic rings. The molecule has 0 aromatic heterocycles. The van der Waals surface area contributed by atoms with E-state index in [0.717, 1.165) is 38.3 Å². The Morgan fingerprint density at radius 2 is 0.979 bits per heavy atom. The van der Waals surface area contributed by atoms with Gasteiger partial charge in [0.05, 0.1) is 0 Å². The van der Waals surface area contributed by atoms with Crippen molar-refractivity contribution >= 4 is 58.3 Å². The number of esters is 2. The Hall–Kier alpha value is -3.44. The number of likely N-dealkylation sites (N-methyl/N-ethyl adjacent to an activating group) is 2. The van der Waals surface area contributed by atoms with Gasteiger partial charge in [-0.05, 0) is 128 Å². The van der Waals surface area contributed by atoms with Crippen molar-refractivity contribution in [1.29, 1.82) is 0 Å². The number of carbonyl (C=O) groups is 4. The molecule has 2 unspecified atom stereocenters. The standard InChI is InChI=1S/C36H46Cl2N4O6/c1-5-41(29-11-7-27(37)8-12-29)35(45)33(25-17-21-39(3)22-18-25)47-31(43)15-16-32(44)48-34(26-19-23-40(4)24-20-26)36(46)42(6-2)30-13-9-28(38)10-14-30/h7-16,25-26,33-34H,5-6,17-24H2,1-4H3/b16-15+. The number of anilines is 2. The van der Waals surface area contributed by atoms with Crippen LogP contribution in [0, 0.1) is 11.8 Å². The summed E-state index contributed by atoms with van der Waals surface area (Å²) in [6.07, 6.45) is 2.55. The summed E-state index contributed by atoms with van der Waals surface area (Å²) < 4.78 is 11.6. The lowest BCUT2D eigenvalue weighted by molar-refractivity contribution is -0.156. The topological polar surface area (TPSA) is 99.7 Å². The van der Waals surface area contributed by atoms with E-state index >= 15 is 0 Å². The van der Waals surface area contributed by atoms with Crippen LogP contribution < -0.4 is 9.80 Å².